The molecule has 0 aliphatic rings. The molecule has 0 unspecified atom stereocenters. The second kappa shape index (κ2) is 4.65. The van der Waals surface area contributed by atoms with Gasteiger partial charge in [0, 0.05) is 44.9 Å². The van der Waals surface area contributed by atoms with Gasteiger partial charge in [0.05, 0.1) is 0 Å². The Bertz CT molecular complexity index is 1020. The monoisotopic (exact) mass is 308 g/mol. The number of aromatic nitrogens is 2. The Balaban J connectivity index is 2.15. The van der Waals surface area contributed by atoms with Gasteiger partial charge in [-0.3, -0.25) is 0 Å². The summed E-state index contributed by atoms with van der Waals surface area (Å²) in [6.07, 6.45) is 4.28. The molecule has 0 amide bonds. The Labute approximate surface area is 134 Å². The summed E-state index contributed by atoms with van der Waals surface area (Å²) in [5.74, 6) is 0. The number of hydrogen-bond donors (Lipinski definition) is 1. The fourth-order valence-electron chi connectivity index (χ4n) is 3.28. The molecule has 2 nitrogen and oxygen atoms in total. The molecule has 0 atom stereocenters. The Kier molecular flexibility index (Phi) is 2.85. The molecule has 0 saturated carbocycles. The lowest BCUT2D eigenvalue weighted by Crippen LogP contribution is -1.96. The Morgan fingerprint density at radius 1 is 1.05 bits per heavy atom. The van der Waals surface area contributed by atoms with Crippen molar-refractivity contribution in [2.75, 3.05) is 0 Å². The first kappa shape index (κ1) is 13.5. The largest absolute Gasteiger partial charge is 0.354 e. The normalized spacial score (nSPS) is 11.6. The lowest BCUT2D eigenvalue weighted by Gasteiger charge is -2.11. The van der Waals surface area contributed by atoms with Crippen LogP contribution in [0.3, 0.4) is 0 Å². The molecule has 0 fully saturated rings. The molecule has 2 aromatic heterocycles. The van der Waals surface area contributed by atoms with Gasteiger partial charge in [-0.25, -0.2) is 0 Å². The molecule has 0 radical (unpaired) electrons. The van der Waals surface area contributed by atoms with E-state index in [4.69, 9.17) is 11.6 Å². The summed E-state index contributed by atoms with van der Waals surface area (Å²) in [6, 6.07) is 10.4. The van der Waals surface area contributed by atoms with Crippen LogP contribution in [0.2, 0.25) is 5.02 Å². The van der Waals surface area contributed by atoms with Gasteiger partial charge >= 0.3 is 0 Å². The predicted molar refractivity (Wildman–Crippen MR) is 94.4 cm³/mol. The summed E-state index contributed by atoms with van der Waals surface area (Å²) in [7, 11) is 0. The van der Waals surface area contributed by atoms with Crippen molar-refractivity contribution in [3.8, 4) is 5.69 Å². The summed E-state index contributed by atoms with van der Waals surface area (Å²) >= 11 is 6.21. The maximum absolute atomic E-state index is 6.21. The van der Waals surface area contributed by atoms with Crippen molar-refractivity contribution in [1.82, 2.24) is 9.55 Å². The molecule has 0 aliphatic heterocycles. The molecule has 2 aromatic carbocycles. The zero-order chi connectivity index (χ0) is 15.4. The van der Waals surface area contributed by atoms with Crippen LogP contribution in [0.4, 0.5) is 0 Å². The van der Waals surface area contributed by atoms with Crippen molar-refractivity contribution in [3.05, 3.63) is 64.4 Å². The van der Waals surface area contributed by atoms with Gasteiger partial charge in [-0.15, -0.1) is 0 Å². The number of halogens is 1. The molecular formula is C19H17ClN2. The van der Waals surface area contributed by atoms with Gasteiger partial charge in [0.25, 0.3) is 0 Å². The molecule has 3 heteroatoms. The van der Waals surface area contributed by atoms with E-state index in [2.05, 4.69) is 60.9 Å². The quantitative estimate of drug-likeness (QED) is 0.466. The summed E-state index contributed by atoms with van der Waals surface area (Å²) in [4.78, 5) is 3.53. The Morgan fingerprint density at radius 2 is 1.86 bits per heavy atom. The van der Waals surface area contributed by atoms with E-state index in [1.165, 1.54) is 38.7 Å². The predicted octanol–water partition coefficient (Wildman–Crippen LogP) is 5.69. The summed E-state index contributed by atoms with van der Waals surface area (Å²) in [5.41, 5.74) is 7.32. The van der Waals surface area contributed by atoms with Crippen molar-refractivity contribution in [2.45, 2.75) is 20.8 Å². The Hall–Kier alpha value is -2.19. The average molecular weight is 309 g/mol. The number of aryl methyl sites for hydroxylation is 3. The van der Waals surface area contributed by atoms with Crippen molar-refractivity contribution in [1.29, 1.82) is 0 Å². The van der Waals surface area contributed by atoms with Crippen molar-refractivity contribution < 1.29 is 0 Å². The zero-order valence-corrected chi connectivity index (χ0v) is 13.6. The summed E-state index contributed by atoms with van der Waals surface area (Å²) in [6.45, 7) is 6.45. The van der Waals surface area contributed by atoms with Crippen molar-refractivity contribution in [2.24, 2.45) is 0 Å². The number of nitrogens with one attached hydrogen (secondary N) is 1. The first-order valence-corrected chi connectivity index (χ1v) is 7.78. The van der Waals surface area contributed by atoms with Gasteiger partial charge in [0.15, 0.2) is 0 Å². The van der Waals surface area contributed by atoms with Crippen LogP contribution in [0, 0.1) is 20.8 Å². The van der Waals surface area contributed by atoms with Gasteiger partial charge in [0.2, 0.25) is 0 Å². The van der Waals surface area contributed by atoms with Crippen LogP contribution >= 0.6 is 11.6 Å². The molecule has 22 heavy (non-hydrogen) atoms. The highest BCUT2D eigenvalue weighted by Gasteiger charge is 2.14. The van der Waals surface area contributed by atoms with Crippen LogP contribution in [-0.2, 0) is 0 Å². The van der Waals surface area contributed by atoms with Crippen LogP contribution in [0.1, 0.15) is 16.7 Å². The third kappa shape index (κ3) is 1.87. The molecule has 2 heterocycles. The number of H-pyrrole nitrogens is 1. The summed E-state index contributed by atoms with van der Waals surface area (Å²) in [5, 5.41) is 3.22. The second-order valence-corrected chi connectivity index (χ2v) is 6.44. The summed E-state index contributed by atoms with van der Waals surface area (Å²) < 4.78 is 2.19. The fourth-order valence-corrected chi connectivity index (χ4v) is 3.46. The molecule has 110 valence electrons. The van der Waals surface area contributed by atoms with Gasteiger partial charge in [0.1, 0.15) is 0 Å². The highest BCUT2D eigenvalue weighted by Crippen LogP contribution is 2.35. The van der Waals surface area contributed by atoms with E-state index in [1.54, 1.807) is 0 Å². The van der Waals surface area contributed by atoms with E-state index in [0.29, 0.717) is 0 Å². The van der Waals surface area contributed by atoms with Crippen LogP contribution in [0.5, 0.6) is 0 Å². The molecule has 1 N–H and O–H groups in total. The van der Waals surface area contributed by atoms with Gasteiger partial charge < -0.3 is 9.55 Å². The zero-order valence-electron chi connectivity index (χ0n) is 12.9. The van der Waals surface area contributed by atoms with Crippen molar-refractivity contribution >= 4 is 33.4 Å². The van der Waals surface area contributed by atoms with Crippen LogP contribution in [-0.4, -0.2) is 9.55 Å². The molecule has 0 aliphatic carbocycles. The van der Waals surface area contributed by atoms with Crippen LogP contribution in [0.15, 0.2) is 42.7 Å². The number of benzene rings is 2. The van der Waals surface area contributed by atoms with E-state index in [-0.39, 0.29) is 0 Å². The van der Waals surface area contributed by atoms with Crippen LogP contribution < -0.4 is 0 Å². The first-order chi connectivity index (χ1) is 10.5. The smallest absolute Gasteiger partial charge is 0.0498 e. The molecule has 0 bridgehead atoms. The number of fused-ring (bicyclic) bond motifs is 3. The van der Waals surface area contributed by atoms with E-state index >= 15 is 0 Å². The average Bonchev–Trinajstić information content (AvgIpc) is 3.06. The number of aromatic amines is 1. The van der Waals surface area contributed by atoms with E-state index in [9.17, 15) is 0 Å². The minimum Gasteiger partial charge on any atom is -0.354 e. The molecule has 4 aromatic rings. The van der Waals surface area contributed by atoms with Gasteiger partial charge in [-0.1, -0.05) is 11.6 Å². The van der Waals surface area contributed by atoms with Crippen molar-refractivity contribution in [3.63, 3.8) is 0 Å². The topological polar surface area (TPSA) is 20.7 Å². The number of nitrogens with zero attached hydrogens (tertiary/aromatic N) is 1. The maximum Gasteiger partial charge on any atom is 0.0498 e. The first-order valence-electron chi connectivity index (χ1n) is 7.41. The maximum atomic E-state index is 6.21. The number of hydrogen-bond acceptors (Lipinski definition) is 0. The Morgan fingerprint density at radius 3 is 2.59 bits per heavy atom. The highest BCUT2D eigenvalue weighted by atomic mass is 35.5. The highest BCUT2D eigenvalue weighted by molar-refractivity contribution is 6.32. The van der Waals surface area contributed by atoms with Crippen LogP contribution in [0.25, 0.3) is 27.5 Å². The lowest BCUT2D eigenvalue weighted by atomic mass is 10.0. The minimum atomic E-state index is 0.771. The molecular weight excluding hydrogens is 292 g/mol. The third-order valence-corrected chi connectivity index (χ3v) is 4.62. The lowest BCUT2D eigenvalue weighted by molar-refractivity contribution is 1.06. The number of rotatable bonds is 1. The minimum absolute atomic E-state index is 0.771. The SMILES string of the molecule is Cc1ccn(-c2cc(C)c3[nH]c4ccc(Cl)cc4c3c2C)c1. The van der Waals surface area contributed by atoms with Gasteiger partial charge in [-0.05, 0) is 67.8 Å². The van der Waals surface area contributed by atoms with Gasteiger partial charge in [-0.2, -0.15) is 0 Å². The molecule has 4 rings (SSSR count). The fraction of sp³-hybridized carbons (Fsp3) is 0.158. The standard InChI is InChI=1S/C19H17ClN2/c1-11-6-7-22(10-11)17-8-12(2)19-18(13(17)3)15-9-14(20)4-5-16(15)21-19/h4-10,21H,1-3H3. The van der Waals surface area contributed by atoms with E-state index < -0.39 is 0 Å². The van der Waals surface area contributed by atoms with E-state index in [0.717, 1.165) is 10.5 Å². The molecule has 0 spiro atoms. The second-order valence-electron chi connectivity index (χ2n) is 6.00. The molecule has 0 saturated heterocycles. The third-order valence-electron chi connectivity index (χ3n) is 4.39. The van der Waals surface area contributed by atoms with E-state index in [1.807, 2.05) is 12.1 Å².